The first-order chi connectivity index (χ1) is 11.2. The van der Waals surface area contributed by atoms with E-state index in [1.807, 2.05) is 0 Å². The highest BCUT2D eigenvalue weighted by Gasteiger charge is 2.19. The van der Waals surface area contributed by atoms with E-state index in [4.69, 9.17) is 5.73 Å². The smallest absolute Gasteiger partial charge is 0.180 e. The number of aromatic nitrogens is 2. The van der Waals surface area contributed by atoms with Crippen LogP contribution >= 0.6 is 0 Å². The molecule has 0 aliphatic carbocycles. The minimum Gasteiger partial charge on any atom is -0.381 e. The van der Waals surface area contributed by atoms with Crippen molar-refractivity contribution in [2.75, 3.05) is 5.73 Å². The molecular weight excluding hydrogens is 326 g/mol. The van der Waals surface area contributed by atoms with E-state index in [2.05, 4.69) is 21.8 Å². The number of anilines is 1. The number of sulfone groups is 1. The van der Waals surface area contributed by atoms with Crippen molar-refractivity contribution in [3.05, 3.63) is 36.2 Å². The van der Waals surface area contributed by atoms with Crippen molar-refractivity contribution in [1.82, 2.24) is 9.97 Å². The maximum absolute atomic E-state index is 12.1. The van der Waals surface area contributed by atoms with Gasteiger partial charge in [-0.3, -0.25) is 0 Å². The Hall–Kier alpha value is -2.43. The highest BCUT2D eigenvalue weighted by Crippen LogP contribution is 2.22. The zero-order valence-electron chi connectivity index (χ0n) is 13.7. The Morgan fingerprint density at radius 2 is 1.79 bits per heavy atom. The Balaban J connectivity index is 2.40. The fourth-order valence-corrected chi connectivity index (χ4v) is 2.95. The zero-order valence-corrected chi connectivity index (χ0v) is 14.5. The third-order valence-corrected chi connectivity index (χ3v) is 5.47. The molecule has 24 heavy (non-hydrogen) atoms. The first kappa shape index (κ1) is 17.9. The van der Waals surface area contributed by atoms with Gasteiger partial charge in [0.1, 0.15) is 6.10 Å². The molecular formula is C17H19N3O3S. The fourth-order valence-electron chi connectivity index (χ4n) is 1.89. The van der Waals surface area contributed by atoms with Crippen LogP contribution in [0.25, 0.3) is 11.3 Å². The first-order valence-corrected chi connectivity index (χ1v) is 8.93. The molecule has 0 fully saturated rings. The monoisotopic (exact) mass is 345 g/mol. The molecule has 126 valence electrons. The molecule has 0 saturated carbocycles. The van der Waals surface area contributed by atoms with E-state index >= 15 is 0 Å². The predicted octanol–water partition coefficient (Wildman–Crippen LogP) is 1.64. The average molecular weight is 345 g/mol. The molecule has 1 heterocycles. The number of benzene rings is 1. The molecule has 0 radical (unpaired) electrons. The van der Waals surface area contributed by atoms with Crippen molar-refractivity contribution in [3.8, 4) is 23.1 Å². The Labute approximate surface area is 141 Å². The van der Waals surface area contributed by atoms with E-state index < -0.39 is 21.2 Å². The largest absolute Gasteiger partial charge is 0.381 e. The van der Waals surface area contributed by atoms with Gasteiger partial charge >= 0.3 is 0 Å². The van der Waals surface area contributed by atoms with Gasteiger partial charge in [0.2, 0.25) is 0 Å². The summed E-state index contributed by atoms with van der Waals surface area (Å²) in [5.41, 5.74) is 7.22. The highest BCUT2D eigenvalue weighted by atomic mass is 32.2. The van der Waals surface area contributed by atoms with Crippen LogP contribution in [0.5, 0.6) is 0 Å². The van der Waals surface area contributed by atoms with E-state index in [0.717, 1.165) is 0 Å². The van der Waals surface area contributed by atoms with Gasteiger partial charge in [0.15, 0.2) is 21.3 Å². The Morgan fingerprint density at radius 3 is 2.33 bits per heavy atom. The van der Waals surface area contributed by atoms with E-state index in [1.165, 1.54) is 13.1 Å². The lowest BCUT2D eigenvalue weighted by Gasteiger charge is -2.08. The maximum Gasteiger partial charge on any atom is 0.180 e. The first-order valence-electron chi connectivity index (χ1n) is 7.38. The van der Waals surface area contributed by atoms with Crippen molar-refractivity contribution in [2.24, 2.45) is 0 Å². The van der Waals surface area contributed by atoms with Crippen molar-refractivity contribution in [3.63, 3.8) is 0 Å². The standard InChI is InChI=1S/C17H19N3O3S/c1-11(2)24(22,23)14-7-5-13(6-8-14)16-10-19-17(18)15(20-16)9-4-12(3)21/h5-8,10-12,21H,1-3H3,(H2,18,19)/t12-/m0/s1. The lowest BCUT2D eigenvalue weighted by Crippen LogP contribution is -2.13. The van der Waals surface area contributed by atoms with Crippen molar-refractivity contribution < 1.29 is 13.5 Å². The molecule has 0 aliphatic heterocycles. The third-order valence-electron chi connectivity index (χ3n) is 3.30. The molecule has 1 aromatic heterocycles. The van der Waals surface area contributed by atoms with Gasteiger partial charge in [-0.2, -0.15) is 0 Å². The van der Waals surface area contributed by atoms with Crippen LogP contribution in [-0.4, -0.2) is 34.8 Å². The van der Waals surface area contributed by atoms with Crippen molar-refractivity contribution >= 4 is 15.7 Å². The number of hydrogen-bond acceptors (Lipinski definition) is 6. The predicted molar refractivity (Wildman–Crippen MR) is 92.8 cm³/mol. The molecule has 0 bridgehead atoms. The van der Waals surface area contributed by atoms with Crippen LogP contribution < -0.4 is 5.73 Å². The van der Waals surface area contributed by atoms with Gasteiger partial charge in [0.05, 0.1) is 22.0 Å². The summed E-state index contributed by atoms with van der Waals surface area (Å²) in [5.74, 6) is 5.42. The fraction of sp³-hybridized carbons (Fsp3) is 0.294. The SMILES string of the molecule is CC(C)S(=O)(=O)c1ccc(-c2cnc(N)c(C#C[C@H](C)O)n2)cc1. The highest BCUT2D eigenvalue weighted by molar-refractivity contribution is 7.92. The Morgan fingerprint density at radius 1 is 1.17 bits per heavy atom. The minimum absolute atomic E-state index is 0.172. The van der Waals surface area contributed by atoms with Crippen LogP contribution in [0.4, 0.5) is 5.82 Å². The van der Waals surface area contributed by atoms with Gasteiger partial charge in [-0.25, -0.2) is 18.4 Å². The third kappa shape index (κ3) is 3.91. The summed E-state index contributed by atoms with van der Waals surface area (Å²) in [7, 11) is -3.32. The second kappa shape index (κ2) is 6.99. The van der Waals surface area contributed by atoms with Crippen LogP contribution in [-0.2, 0) is 9.84 Å². The summed E-state index contributed by atoms with van der Waals surface area (Å²) < 4.78 is 24.3. The Bertz CT molecular complexity index is 893. The zero-order chi connectivity index (χ0) is 17.9. The van der Waals surface area contributed by atoms with Crippen LogP contribution in [0.15, 0.2) is 35.4 Å². The molecule has 1 atom stereocenters. The van der Waals surface area contributed by atoms with Crippen LogP contribution in [0.3, 0.4) is 0 Å². The number of nitrogens with zero attached hydrogens (tertiary/aromatic N) is 2. The molecule has 0 aliphatic rings. The van der Waals surface area contributed by atoms with Crippen LogP contribution in [0.2, 0.25) is 0 Å². The topological polar surface area (TPSA) is 106 Å². The van der Waals surface area contributed by atoms with Crippen molar-refractivity contribution in [2.45, 2.75) is 37.0 Å². The van der Waals surface area contributed by atoms with Gasteiger partial charge in [-0.1, -0.05) is 18.1 Å². The number of aliphatic hydroxyl groups excluding tert-OH is 1. The van der Waals surface area contributed by atoms with Gasteiger partial charge in [0, 0.05) is 5.56 Å². The number of rotatable bonds is 3. The molecule has 0 amide bonds. The summed E-state index contributed by atoms with van der Waals surface area (Å²) >= 11 is 0. The van der Waals surface area contributed by atoms with E-state index in [0.29, 0.717) is 11.3 Å². The van der Waals surface area contributed by atoms with Crippen LogP contribution in [0, 0.1) is 11.8 Å². The summed E-state index contributed by atoms with van der Waals surface area (Å²) in [5, 5.41) is 8.74. The molecule has 0 spiro atoms. The van der Waals surface area contributed by atoms with Gasteiger partial charge in [-0.05, 0) is 38.8 Å². The average Bonchev–Trinajstić information content (AvgIpc) is 2.54. The number of nitrogens with two attached hydrogens (primary N) is 1. The molecule has 3 N–H and O–H groups in total. The van der Waals surface area contributed by atoms with Gasteiger partial charge < -0.3 is 10.8 Å². The summed E-state index contributed by atoms with van der Waals surface area (Å²) in [6.45, 7) is 4.82. The summed E-state index contributed by atoms with van der Waals surface area (Å²) in [6.07, 6.45) is 0.699. The summed E-state index contributed by atoms with van der Waals surface area (Å²) in [6, 6.07) is 6.43. The van der Waals surface area contributed by atoms with Gasteiger partial charge in [0.25, 0.3) is 0 Å². The maximum atomic E-state index is 12.1. The molecule has 2 rings (SSSR count). The molecule has 2 aromatic rings. The van der Waals surface area contributed by atoms with Crippen LogP contribution in [0.1, 0.15) is 26.5 Å². The molecule has 1 aromatic carbocycles. The minimum atomic E-state index is -3.32. The Kier molecular flexibility index (Phi) is 5.22. The molecule has 6 nitrogen and oxygen atoms in total. The quantitative estimate of drug-likeness (QED) is 0.819. The van der Waals surface area contributed by atoms with E-state index in [-0.39, 0.29) is 16.4 Å². The molecule has 0 saturated heterocycles. The van der Waals surface area contributed by atoms with Gasteiger partial charge in [-0.15, -0.1) is 0 Å². The molecule has 7 heteroatoms. The number of aliphatic hydroxyl groups is 1. The number of hydrogen-bond donors (Lipinski definition) is 2. The van der Waals surface area contributed by atoms with E-state index in [1.54, 1.807) is 38.1 Å². The normalized spacial score (nSPS) is 12.5. The lowest BCUT2D eigenvalue weighted by molar-refractivity contribution is 0.253. The second-order valence-corrected chi connectivity index (χ2v) is 8.06. The molecule has 0 unspecified atom stereocenters. The lowest BCUT2D eigenvalue weighted by atomic mass is 10.1. The number of nitrogen functional groups attached to an aromatic ring is 1. The second-order valence-electron chi connectivity index (χ2n) is 5.55. The summed E-state index contributed by atoms with van der Waals surface area (Å²) in [4.78, 5) is 8.63. The van der Waals surface area contributed by atoms with E-state index in [9.17, 15) is 13.5 Å². The van der Waals surface area contributed by atoms with Crippen molar-refractivity contribution in [1.29, 1.82) is 0 Å².